The summed E-state index contributed by atoms with van der Waals surface area (Å²) in [6, 6.07) is 18.2. The Morgan fingerprint density at radius 2 is 1.63 bits per heavy atom. The first-order valence-electron chi connectivity index (χ1n) is 9.32. The molecular formula is C22H20N2O5S. The van der Waals surface area contributed by atoms with Crippen LogP contribution >= 0.6 is 0 Å². The zero-order valence-electron chi connectivity index (χ0n) is 16.2. The van der Waals surface area contributed by atoms with E-state index in [-0.39, 0.29) is 10.8 Å². The Morgan fingerprint density at radius 3 is 2.37 bits per heavy atom. The molecule has 0 bridgehead atoms. The van der Waals surface area contributed by atoms with Crippen LogP contribution in [0.1, 0.15) is 15.9 Å². The van der Waals surface area contributed by atoms with Gasteiger partial charge in [0.05, 0.1) is 10.6 Å². The molecule has 8 heteroatoms. The summed E-state index contributed by atoms with van der Waals surface area (Å²) in [5.41, 5.74) is 2.07. The summed E-state index contributed by atoms with van der Waals surface area (Å²) in [4.78, 5) is 12.4. The van der Waals surface area contributed by atoms with Crippen molar-refractivity contribution in [3.05, 3.63) is 77.9 Å². The Labute approximate surface area is 174 Å². The van der Waals surface area contributed by atoms with Crippen molar-refractivity contribution in [2.45, 2.75) is 11.8 Å². The first kappa shape index (κ1) is 19.8. The Balaban J connectivity index is 1.52. The van der Waals surface area contributed by atoms with Gasteiger partial charge in [-0.3, -0.25) is 9.52 Å². The van der Waals surface area contributed by atoms with Gasteiger partial charge in [0, 0.05) is 17.3 Å². The largest absolute Gasteiger partial charge is 0.486 e. The minimum atomic E-state index is -3.82. The predicted octanol–water partition coefficient (Wildman–Crippen LogP) is 3.82. The molecule has 1 aliphatic rings. The Bertz CT molecular complexity index is 1190. The van der Waals surface area contributed by atoms with Gasteiger partial charge in [-0.25, -0.2) is 8.42 Å². The minimum Gasteiger partial charge on any atom is -0.486 e. The number of hydrogen-bond donors (Lipinski definition) is 2. The summed E-state index contributed by atoms with van der Waals surface area (Å²) in [5, 5.41) is 2.80. The number of aryl methyl sites for hydroxylation is 1. The first-order valence-corrected chi connectivity index (χ1v) is 10.8. The number of fused-ring (bicyclic) bond motifs is 1. The van der Waals surface area contributed by atoms with Crippen molar-refractivity contribution < 1.29 is 22.7 Å². The average molecular weight is 424 g/mol. The summed E-state index contributed by atoms with van der Waals surface area (Å²) in [5.74, 6) is 0.818. The van der Waals surface area contributed by atoms with Crippen molar-refractivity contribution in [1.82, 2.24) is 0 Å². The van der Waals surface area contributed by atoms with E-state index >= 15 is 0 Å². The number of sulfonamides is 1. The van der Waals surface area contributed by atoms with Crippen molar-refractivity contribution in [1.29, 1.82) is 0 Å². The maximum absolute atomic E-state index is 12.8. The normalized spacial score (nSPS) is 12.8. The van der Waals surface area contributed by atoms with Crippen LogP contribution in [0.25, 0.3) is 0 Å². The molecule has 0 spiro atoms. The van der Waals surface area contributed by atoms with Gasteiger partial charge in [-0.2, -0.15) is 0 Å². The highest BCUT2D eigenvalue weighted by Gasteiger charge is 2.18. The lowest BCUT2D eigenvalue weighted by Crippen LogP contribution is -2.17. The van der Waals surface area contributed by atoms with Crippen molar-refractivity contribution >= 4 is 27.3 Å². The van der Waals surface area contributed by atoms with Crippen LogP contribution in [0.3, 0.4) is 0 Å². The molecule has 1 heterocycles. The smallest absolute Gasteiger partial charge is 0.261 e. The van der Waals surface area contributed by atoms with Crippen molar-refractivity contribution in [3.8, 4) is 11.5 Å². The van der Waals surface area contributed by atoms with Crippen LogP contribution in [0, 0.1) is 6.92 Å². The third kappa shape index (κ3) is 4.23. The van der Waals surface area contributed by atoms with E-state index in [4.69, 9.17) is 9.47 Å². The lowest BCUT2D eigenvalue weighted by Gasteiger charge is -2.19. The average Bonchev–Trinajstić information content (AvgIpc) is 2.75. The molecule has 1 aliphatic heterocycles. The summed E-state index contributed by atoms with van der Waals surface area (Å²) in [6.45, 7) is 2.62. The summed E-state index contributed by atoms with van der Waals surface area (Å²) >= 11 is 0. The third-order valence-electron chi connectivity index (χ3n) is 4.59. The van der Waals surface area contributed by atoms with Crippen LogP contribution in [0.2, 0.25) is 0 Å². The summed E-state index contributed by atoms with van der Waals surface area (Å²) in [7, 11) is -3.82. The maximum atomic E-state index is 12.8. The van der Waals surface area contributed by atoms with E-state index in [9.17, 15) is 13.2 Å². The van der Waals surface area contributed by atoms with E-state index in [1.807, 2.05) is 6.07 Å². The molecule has 7 nitrogen and oxygen atoms in total. The number of carbonyl (C=O) groups excluding carboxylic acids is 1. The van der Waals surface area contributed by atoms with E-state index in [1.54, 1.807) is 55.5 Å². The molecule has 1 amide bonds. The zero-order chi connectivity index (χ0) is 21.1. The molecule has 30 heavy (non-hydrogen) atoms. The van der Waals surface area contributed by atoms with Crippen molar-refractivity contribution in [2.24, 2.45) is 0 Å². The molecule has 3 aromatic carbocycles. The zero-order valence-corrected chi connectivity index (χ0v) is 17.0. The third-order valence-corrected chi connectivity index (χ3v) is 5.97. The number of benzene rings is 3. The molecule has 0 atom stereocenters. The molecule has 0 aliphatic carbocycles. The lowest BCUT2D eigenvalue weighted by molar-refractivity contribution is 0.102. The highest BCUT2D eigenvalue weighted by molar-refractivity contribution is 7.92. The fraction of sp³-hybridized carbons (Fsp3) is 0.136. The fourth-order valence-electron chi connectivity index (χ4n) is 3.05. The Hall–Kier alpha value is -3.52. The molecule has 4 rings (SSSR count). The second-order valence-corrected chi connectivity index (χ2v) is 8.44. The first-order chi connectivity index (χ1) is 14.4. The van der Waals surface area contributed by atoms with Crippen LogP contribution in [0.5, 0.6) is 11.5 Å². The molecule has 0 saturated heterocycles. The fourth-order valence-corrected chi connectivity index (χ4v) is 4.18. The van der Waals surface area contributed by atoms with Gasteiger partial charge >= 0.3 is 0 Å². The Morgan fingerprint density at radius 1 is 0.900 bits per heavy atom. The second kappa shape index (κ2) is 8.08. The number of amides is 1. The highest BCUT2D eigenvalue weighted by Crippen LogP contribution is 2.33. The van der Waals surface area contributed by atoms with Gasteiger partial charge in [-0.15, -0.1) is 0 Å². The van der Waals surface area contributed by atoms with Gasteiger partial charge in [-0.05, 0) is 55.0 Å². The number of anilines is 2. The molecular weight excluding hydrogens is 404 g/mol. The topological polar surface area (TPSA) is 93.7 Å². The van der Waals surface area contributed by atoms with Gasteiger partial charge in [-0.1, -0.05) is 18.2 Å². The minimum absolute atomic E-state index is 0.0904. The van der Waals surface area contributed by atoms with E-state index in [0.29, 0.717) is 47.2 Å². The van der Waals surface area contributed by atoms with Crippen LogP contribution in [-0.2, 0) is 10.0 Å². The molecule has 0 unspecified atom stereocenters. The van der Waals surface area contributed by atoms with Crippen LogP contribution in [0.4, 0.5) is 11.4 Å². The highest BCUT2D eigenvalue weighted by atomic mass is 32.2. The molecule has 2 N–H and O–H groups in total. The molecule has 3 aromatic rings. The molecule has 0 saturated carbocycles. The van der Waals surface area contributed by atoms with Crippen molar-refractivity contribution in [3.63, 3.8) is 0 Å². The SMILES string of the molecule is Cc1cc(S(=O)(=O)Nc2ccc3c(c2)OCCO3)ccc1NC(=O)c1ccccc1. The quantitative estimate of drug-likeness (QED) is 0.649. The molecule has 0 fully saturated rings. The number of rotatable bonds is 5. The van der Waals surface area contributed by atoms with E-state index in [1.165, 1.54) is 12.1 Å². The number of ether oxygens (including phenoxy) is 2. The summed E-state index contributed by atoms with van der Waals surface area (Å²) < 4.78 is 39.1. The van der Waals surface area contributed by atoms with Gasteiger partial charge in [0.2, 0.25) is 0 Å². The van der Waals surface area contributed by atoms with E-state index in [2.05, 4.69) is 10.0 Å². The maximum Gasteiger partial charge on any atom is 0.261 e. The summed E-state index contributed by atoms with van der Waals surface area (Å²) in [6.07, 6.45) is 0. The standard InChI is InChI=1S/C22H20N2O5S/c1-15-13-18(8-9-19(15)23-22(25)16-5-3-2-4-6-16)30(26,27)24-17-7-10-20-21(14-17)29-12-11-28-20/h2-10,13-14,24H,11-12H2,1H3,(H,23,25). The monoisotopic (exact) mass is 424 g/mol. The van der Waals surface area contributed by atoms with Crippen LogP contribution in [-0.4, -0.2) is 27.5 Å². The Kier molecular flexibility index (Phi) is 5.33. The van der Waals surface area contributed by atoms with Gasteiger partial charge in [0.1, 0.15) is 13.2 Å². The molecule has 0 aromatic heterocycles. The number of nitrogens with one attached hydrogen (secondary N) is 2. The van der Waals surface area contributed by atoms with Crippen LogP contribution in [0.15, 0.2) is 71.6 Å². The molecule has 0 radical (unpaired) electrons. The number of hydrogen-bond acceptors (Lipinski definition) is 5. The van der Waals surface area contributed by atoms with Crippen molar-refractivity contribution in [2.75, 3.05) is 23.3 Å². The number of carbonyl (C=O) groups is 1. The van der Waals surface area contributed by atoms with Gasteiger partial charge in [0.25, 0.3) is 15.9 Å². The lowest BCUT2D eigenvalue weighted by atomic mass is 10.1. The van der Waals surface area contributed by atoms with E-state index in [0.717, 1.165) is 0 Å². The predicted molar refractivity (Wildman–Crippen MR) is 114 cm³/mol. The van der Waals surface area contributed by atoms with Gasteiger partial charge in [0.15, 0.2) is 11.5 Å². The van der Waals surface area contributed by atoms with Gasteiger partial charge < -0.3 is 14.8 Å². The van der Waals surface area contributed by atoms with Crippen LogP contribution < -0.4 is 19.5 Å². The second-order valence-electron chi connectivity index (χ2n) is 6.76. The molecule has 154 valence electrons. The van der Waals surface area contributed by atoms with E-state index < -0.39 is 10.0 Å².